The van der Waals surface area contributed by atoms with E-state index in [1.807, 2.05) is 0 Å². The van der Waals surface area contributed by atoms with Crippen molar-refractivity contribution in [2.75, 3.05) is 0 Å². The average molecular weight is 470 g/mol. The van der Waals surface area contributed by atoms with Crippen molar-refractivity contribution < 1.29 is 26.2 Å². The van der Waals surface area contributed by atoms with Crippen LogP contribution in [0.4, 0.5) is 0 Å². The van der Waals surface area contributed by atoms with Crippen molar-refractivity contribution in [3.63, 3.8) is 0 Å². The van der Waals surface area contributed by atoms with Gasteiger partial charge in [0, 0.05) is 0 Å². The molecule has 0 amide bonds. The second kappa shape index (κ2) is 9.44. The van der Waals surface area contributed by atoms with Crippen molar-refractivity contribution in [1.82, 2.24) is 0 Å². The molecule has 0 saturated heterocycles. The first kappa shape index (κ1) is 22.7. The minimum absolute atomic E-state index is 0. The van der Waals surface area contributed by atoms with Gasteiger partial charge >= 0.3 is 26.2 Å². The summed E-state index contributed by atoms with van der Waals surface area (Å²) >= 11 is 0. The van der Waals surface area contributed by atoms with E-state index in [2.05, 4.69) is 114 Å². The molecule has 0 bridgehead atoms. The van der Waals surface area contributed by atoms with E-state index in [9.17, 15) is 0 Å². The minimum Gasteiger partial charge on any atom is -0.213 e. The Morgan fingerprint density at radius 3 is 2.10 bits per heavy atom. The molecule has 1 unspecified atom stereocenters. The second-order valence-electron chi connectivity index (χ2n) is 8.36. The molecule has 0 aliphatic heterocycles. The van der Waals surface area contributed by atoms with Crippen LogP contribution < -0.4 is 0 Å². The molecular weight excluding hydrogens is 440 g/mol. The predicted molar refractivity (Wildman–Crippen MR) is 126 cm³/mol. The van der Waals surface area contributed by atoms with Crippen LogP contribution in [0.3, 0.4) is 0 Å². The summed E-state index contributed by atoms with van der Waals surface area (Å²) in [5.41, 5.74) is 13.0. The Labute approximate surface area is 200 Å². The fourth-order valence-corrected chi connectivity index (χ4v) is 4.64. The summed E-state index contributed by atoms with van der Waals surface area (Å²) in [6.07, 6.45) is 13.6. The number of rotatable bonds is 2. The molecule has 0 radical (unpaired) electrons. The van der Waals surface area contributed by atoms with Crippen LogP contribution in [-0.2, 0) is 26.2 Å². The molecule has 1 heteroatoms. The number of benzene rings is 1. The van der Waals surface area contributed by atoms with E-state index in [1.165, 1.54) is 50.1 Å². The molecule has 0 fully saturated rings. The van der Waals surface area contributed by atoms with Crippen molar-refractivity contribution in [3.05, 3.63) is 123 Å². The molecule has 150 valence electrons. The van der Waals surface area contributed by atoms with Crippen molar-refractivity contribution in [3.8, 4) is 0 Å². The summed E-state index contributed by atoms with van der Waals surface area (Å²) in [5, 5.41) is 0. The van der Waals surface area contributed by atoms with Gasteiger partial charge in [0.25, 0.3) is 0 Å². The standard InChI is InChI=1S/C22H21.C7H9.Zr/c1-14-15(2)21(18-9-4-5-10-18)22(16(14)3)20-13-12-17-8-6-7-11-19(17)20;1-6-4-3-5-7(6)2;/h4-13,18,20H,1-3H3;3-5H,1-2H3;/q2*-1;+2. The number of aryl methyl sites for hydroxylation is 2. The van der Waals surface area contributed by atoms with Crippen LogP contribution in [0, 0.1) is 34.6 Å². The van der Waals surface area contributed by atoms with Crippen LogP contribution in [0.5, 0.6) is 0 Å². The van der Waals surface area contributed by atoms with Gasteiger partial charge in [-0.25, -0.2) is 12.1 Å². The molecule has 1 atom stereocenters. The fourth-order valence-electron chi connectivity index (χ4n) is 4.64. The predicted octanol–water partition coefficient (Wildman–Crippen LogP) is 7.72. The van der Waals surface area contributed by atoms with E-state index in [-0.39, 0.29) is 26.2 Å². The molecule has 0 nitrogen and oxygen atoms in total. The zero-order valence-electron chi connectivity index (χ0n) is 18.7. The van der Waals surface area contributed by atoms with E-state index in [0.717, 1.165) is 0 Å². The number of hydrogen-bond acceptors (Lipinski definition) is 0. The Morgan fingerprint density at radius 1 is 0.800 bits per heavy atom. The van der Waals surface area contributed by atoms with E-state index in [4.69, 9.17) is 0 Å². The first-order valence-electron chi connectivity index (χ1n) is 10.6. The molecule has 0 heterocycles. The van der Waals surface area contributed by atoms with Gasteiger partial charge in [0.05, 0.1) is 0 Å². The fraction of sp³-hybridized carbons (Fsp3) is 0.241. The van der Waals surface area contributed by atoms with Gasteiger partial charge in [-0.1, -0.05) is 95.3 Å². The van der Waals surface area contributed by atoms with E-state index >= 15 is 0 Å². The van der Waals surface area contributed by atoms with Gasteiger partial charge in [0.1, 0.15) is 0 Å². The monoisotopic (exact) mass is 468 g/mol. The van der Waals surface area contributed by atoms with Crippen molar-refractivity contribution in [2.45, 2.75) is 46.5 Å². The molecule has 0 N–H and O–H groups in total. The Hall–Kier alpha value is -1.98. The summed E-state index contributed by atoms with van der Waals surface area (Å²) in [7, 11) is 0. The summed E-state index contributed by atoms with van der Waals surface area (Å²) in [6.45, 7) is 11.1. The van der Waals surface area contributed by atoms with Crippen LogP contribution >= 0.6 is 0 Å². The van der Waals surface area contributed by atoms with Crippen LogP contribution in [0.1, 0.15) is 61.9 Å². The maximum absolute atomic E-state index is 2.37. The van der Waals surface area contributed by atoms with Gasteiger partial charge in [-0.05, 0) is 23.0 Å². The summed E-state index contributed by atoms with van der Waals surface area (Å²) in [5.74, 6) is 0.838. The van der Waals surface area contributed by atoms with Gasteiger partial charge in [-0.2, -0.15) is 39.4 Å². The summed E-state index contributed by atoms with van der Waals surface area (Å²) in [6, 6.07) is 15.1. The Morgan fingerprint density at radius 2 is 1.50 bits per heavy atom. The quantitative estimate of drug-likeness (QED) is 0.337. The molecule has 0 saturated carbocycles. The smallest absolute Gasteiger partial charge is 0.213 e. The van der Waals surface area contributed by atoms with Gasteiger partial charge in [0.2, 0.25) is 0 Å². The zero-order valence-corrected chi connectivity index (χ0v) is 21.1. The topological polar surface area (TPSA) is 0 Å². The second-order valence-corrected chi connectivity index (χ2v) is 8.36. The van der Waals surface area contributed by atoms with Gasteiger partial charge in [-0.3, -0.25) is 0 Å². The van der Waals surface area contributed by atoms with Gasteiger partial charge in [0.15, 0.2) is 0 Å². The Balaban J connectivity index is 0.000000274. The van der Waals surface area contributed by atoms with E-state index in [1.54, 1.807) is 0 Å². The minimum atomic E-state index is 0. The summed E-state index contributed by atoms with van der Waals surface area (Å²) in [4.78, 5) is 0. The van der Waals surface area contributed by atoms with Crippen LogP contribution in [0.2, 0.25) is 0 Å². The van der Waals surface area contributed by atoms with Crippen LogP contribution in [-0.4, -0.2) is 0 Å². The molecule has 3 aromatic rings. The number of allylic oxidation sites excluding steroid dienone is 5. The van der Waals surface area contributed by atoms with E-state index in [0.29, 0.717) is 11.8 Å². The summed E-state index contributed by atoms with van der Waals surface area (Å²) < 4.78 is 0. The van der Waals surface area contributed by atoms with Gasteiger partial charge in [-0.15, -0.1) is 5.56 Å². The molecule has 2 aliphatic carbocycles. The maximum Gasteiger partial charge on any atom is 2.00 e. The third-order valence-electron chi connectivity index (χ3n) is 6.73. The molecule has 0 spiro atoms. The largest absolute Gasteiger partial charge is 2.00 e. The van der Waals surface area contributed by atoms with E-state index < -0.39 is 0 Å². The zero-order chi connectivity index (χ0) is 20.5. The number of fused-ring (bicyclic) bond motifs is 1. The van der Waals surface area contributed by atoms with Crippen molar-refractivity contribution in [2.24, 2.45) is 0 Å². The molecule has 3 aromatic carbocycles. The first-order chi connectivity index (χ1) is 14.0. The third kappa shape index (κ3) is 4.10. The molecule has 5 rings (SSSR count). The molecular formula is C29H30Zr. The first-order valence-corrected chi connectivity index (χ1v) is 10.6. The van der Waals surface area contributed by atoms with Crippen LogP contribution in [0.15, 0.2) is 72.8 Å². The molecule has 2 aliphatic rings. The normalized spacial score (nSPS) is 16.4. The van der Waals surface area contributed by atoms with Crippen molar-refractivity contribution in [1.29, 1.82) is 0 Å². The van der Waals surface area contributed by atoms with Crippen molar-refractivity contribution >= 4 is 6.08 Å². The average Bonchev–Trinajstić information content (AvgIpc) is 3.50. The molecule has 0 aromatic heterocycles. The van der Waals surface area contributed by atoms with Crippen LogP contribution in [0.25, 0.3) is 6.08 Å². The Kier molecular flexibility index (Phi) is 7.15. The SMILES string of the molecule is Cc1c(C)c(C2C=CC=C2)[c-](C2C=Cc3ccccc32)c1C.Cc1ccc[c-]1C.[Zr+2]. The Bertz CT molecular complexity index is 1080. The molecule has 30 heavy (non-hydrogen) atoms. The third-order valence-corrected chi connectivity index (χ3v) is 6.73. The maximum atomic E-state index is 2.37. The number of hydrogen-bond donors (Lipinski definition) is 0. The van der Waals surface area contributed by atoms with Gasteiger partial charge < -0.3 is 0 Å².